The van der Waals surface area contributed by atoms with Gasteiger partial charge in [0.1, 0.15) is 0 Å². The molecule has 0 fully saturated rings. The van der Waals surface area contributed by atoms with Gasteiger partial charge in [-0.1, -0.05) is 66.4 Å². The SMILES string of the molecule is Cc1cccc(-n2c(SCC(=O)NC(C)c3ccccc3)nc3ccccc3c2=O)c1C. The lowest BCUT2D eigenvalue weighted by molar-refractivity contribution is -0.119. The lowest BCUT2D eigenvalue weighted by Gasteiger charge is -2.17. The van der Waals surface area contributed by atoms with Crippen molar-refractivity contribution in [3.05, 3.63) is 99.8 Å². The van der Waals surface area contributed by atoms with Crippen LogP contribution in [0.5, 0.6) is 0 Å². The summed E-state index contributed by atoms with van der Waals surface area (Å²) in [6, 6.07) is 22.9. The molecule has 0 saturated carbocycles. The second-order valence-corrected chi connectivity index (χ2v) is 8.70. The number of nitrogens with one attached hydrogen (secondary N) is 1. The van der Waals surface area contributed by atoms with E-state index in [4.69, 9.17) is 4.98 Å². The highest BCUT2D eigenvalue weighted by Gasteiger charge is 2.17. The van der Waals surface area contributed by atoms with Crippen molar-refractivity contribution in [1.29, 1.82) is 0 Å². The predicted octanol–water partition coefficient (Wildman–Crippen LogP) is 4.97. The Bertz CT molecular complexity index is 1330. The van der Waals surface area contributed by atoms with Gasteiger partial charge >= 0.3 is 0 Å². The summed E-state index contributed by atoms with van der Waals surface area (Å²) in [5.41, 5.74) is 4.42. The van der Waals surface area contributed by atoms with Crippen LogP contribution in [0.3, 0.4) is 0 Å². The van der Waals surface area contributed by atoms with Crippen LogP contribution >= 0.6 is 11.8 Å². The number of thioether (sulfide) groups is 1. The van der Waals surface area contributed by atoms with Crippen LogP contribution in [0.2, 0.25) is 0 Å². The van der Waals surface area contributed by atoms with Crippen molar-refractivity contribution in [3.63, 3.8) is 0 Å². The van der Waals surface area contributed by atoms with Crippen LogP contribution in [0.25, 0.3) is 16.6 Å². The van der Waals surface area contributed by atoms with Gasteiger partial charge in [-0.2, -0.15) is 0 Å². The maximum absolute atomic E-state index is 13.4. The molecule has 1 amide bonds. The Morgan fingerprint density at radius 2 is 1.72 bits per heavy atom. The van der Waals surface area contributed by atoms with Gasteiger partial charge in [-0.15, -0.1) is 0 Å². The molecule has 0 spiro atoms. The molecule has 3 aromatic carbocycles. The number of hydrogen-bond acceptors (Lipinski definition) is 4. The molecule has 1 heterocycles. The van der Waals surface area contributed by atoms with E-state index >= 15 is 0 Å². The Morgan fingerprint density at radius 1 is 1.00 bits per heavy atom. The minimum Gasteiger partial charge on any atom is -0.349 e. The summed E-state index contributed by atoms with van der Waals surface area (Å²) in [5, 5.41) is 4.08. The van der Waals surface area contributed by atoms with Crippen LogP contribution in [-0.4, -0.2) is 21.2 Å². The molecule has 162 valence electrons. The smallest absolute Gasteiger partial charge is 0.266 e. The third-order valence-corrected chi connectivity index (χ3v) is 6.51. The first-order chi connectivity index (χ1) is 15.5. The van der Waals surface area contributed by atoms with Gasteiger partial charge in [-0.05, 0) is 55.7 Å². The number of amides is 1. The van der Waals surface area contributed by atoms with E-state index < -0.39 is 0 Å². The van der Waals surface area contributed by atoms with Crippen molar-refractivity contribution >= 4 is 28.6 Å². The summed E-state index contributed by atoms with van der Waals surface area (Å²) in [5.74, 6) is 0.0496. The molecule has 32 heavy (non-hydrogen) atoms. The third kappa shape index (κ3) is 4.46. The number of aryl methyl sites for hydroxylation is 1. The zero-order valence-corrected chi connectivity index (χ0v) is 19.1. The molecule has 1 unspecified atom stereocenters. The van der Waals surface area contributed by atoms with Crippen molar-refractivity contribution in [2.75, 3.05) is 5.75 Å². The van der Waals surface area contributed by atoms with Gasteiger partial charge in [0.2, 0.25) is 5.91 Å². The molecule has 0 aliphatic rings. The van der Waals surface area contributed by atoms with E-state index in [1.165, 1.54) is 11.8 Å². The monoisotopic (exact) mass is 443 g/mol. The standard InChI is InChI=1S/C26H25N3O2S/c1-17-10-9-15-23(18(17)2)29-25(31)21-13-7-8-14-22(21)28-26(29)32-16-24(30)27-19(3)20-11-5-4-6-12-20/h4-15,19H,16H2,1-3H3,(H,27,30). The maximum Gasteiger partial charge on any atom is 0.266 e. The van der Waals surface area contributed by atoms with E-state index in [1.807, 2.05) is 87.5 Å². The summed E-state index contributed by atoms with van der Waals surface area (Å²) in [6.07, 6.45) is 0. The van der Waals surface area contributed by atoms with E-state index in [9.17, 15) is 9.59 Å². The molecule has 5 nitrogen and oxygen atoms in total. The summed E-state index contributed by atoms with van der Waals surface area (Å²) < 4.78 is 1.63. The van der Waals surface area contributed by atoms with Crippen molar-refractivity contribution in [1.82, 2.24) is 14.9 Å². The number of rotatable bonds is 6. The molecule has 1 N–H and O–H groups in total. The fraction of sp³-hybridized carbons (Fsp3) is 0.192. The first kappa shape index (κ1) is 21.8. The summed E-state index contributed by atoms with van der Waals surface area (Å²) >= 11 is 1.27. The molecule has 0 saturated heterocycles. The summed E-state index contributed by atoms with van der Waals surface area (Å²) in [6.45, 7) is 5.97. The molecular weight excluding hydrogens is 418 g/mol. The zero-order valence-electron chi connectivity index (χ0n) is 18.3. The predicted molar refractivity (Wildman–Crippen MR) is 131 cm³/mol. The lowest BCUT2D eigenvalue weighted by atomic mass is 10.1. The Balaban J connectivity index is 1.66. The number of para-hydroxylation sites is 1. The highest BCUT2D eigenvalue weighted by atomic mass is 32.2. The first-order valence-corrected chi connectivity index (χ1v) is 11.5. The van der Waals surface area contributed by atoms with E-state index in [2.05, 4.69) is 5.32 Å². The second kappa shape index (κ2) is 9.40. The van der Waals surface area contributed by atoms with Gasteiger partial charge in [0.05, 0.1) is 28.4 Å². The Labute approximate surface area is 191 Å². The topological polar surface area (TPSA) is 64.0 Å². The van der Waals surface area contributed by atoms with Gasteiger partial charge < -0.3 is 5.32 Å². The Kier molecular flexibility index (Phi) is 6.42. The fourth-order valence-electron chi connectivity index (χ4n) is 3.64. The molecular formula is C26H25N3O2S. The van der Waals surface area contributed by atoms with Crippen LogP contribution < -0.4 is 10.9 Å². The highest BCUT2D eigenvalue weighted by molar-refractivity contribution is 7.99. The number of benzene rings is 3. The van der Waals surface area contributed by atoms with E-state index in [0.29, 0.717) is 16.1 Å². The first-order valence-electron chi connectivity index (χ1n) is 10.5. The van der Waals surface area contributed by atoms with E-state index in [-0.39, 0.29) is 23.3 Å². The fourth-order valence-corrected chi connectivity index (χ4v) is 4.45. The average molecular weight is 444 g/mol. The number of aromatic nitrogens is 2. The van der Waals surface area contributed by atoms with Crippen molar-refractivity contribution < 1.29 is 4.79 Å². The lowest BCUT2D eigenvalue weighted by Crippen LogP contribution is -2.29. The van der Waals surface area contributed by atoms with Gasteiger partial charge in [-0.25, -0.2) is 4.98 Å². The number of hydrogen-bond donors (Lipinski definition) is 1. The minimum atomic E-state index is -0.134. The van der Waals surface area contributed by atoms with Gasteiger partial charge in [0.15, 0.2) is 5.16 Å². The molecule has 6 heteroatoms. The summed E-state index contributed by atoms with van der Waals surface area (Å²) in [4.78, 5) is 30.8. The molecule has 1 aromatic heterocycles. The van der Waals surface area contributed by atoms with Gasteiger partial charge in [-0.3, -0.25) is 14.2 Å². The van der Waals surface area contributed by atoms with Crippen molar-refractivity contribution in [2.24, 2.45) is 0 Å². The van der Waals surface area contributed by atoms with Crippen molar-refractivity contribution in [2.45, 2.75) is 32.0 Å². The molecule has 4 rings (SSSR count). The van der Waals surface area contributed by atoms with Crippen LogP contribution in [0, 0.1) is 13.8 Å². The molecule has 1 atom stereocenters. The molecule has 0 bridgehead atoms. The van der Waals surface area contributed by atoms with Gasteiger partial charge in [0.25, 0.3) is 5.56 Å². The normalized spacial score (nSPS) is 12.0. The van der Waals surface area contributed by atoms with Gasteiger partial charge in [0, 0.05) is 0 Å². The van der Waals surface area contributed by atoms with Crippen LogP contribution in [-0.2, 0) is 4.79 Å². The number of nitrogens with zero attached hydrogens (tertiary/aromatic N) is 2. The number of fused-ring (bicyclic) bond motifs is 1. The Hall–Kier alpha value is -3.38. The highest BCUT2D eigenvalue weighted by Crippen LogP contribution is 2.24. The van der Waals surface area contributed by atoms with Crippen LogP contribution in [0.1, 0.15) is 29.7 Å². The van der Waals surface area contributed by atoms with Crippen LogP contribution in [0.15, 0.2) is 82.7 Å². The third-order valence-electron chi connectivity index (χ3n) is 5.57. The Morgan fingerprint density at radius 3 is 2.50 bits per heavy atom. The number of carbonyl (C=O) groups excluding carboxylic acids is 1. The summed E-state index contributed by atoms with van der Waals surface area (Å²) in [7, 11) is 0. The molecule has 4 aromatic rings. The zero-order chi connectivity index (χ0) is 22.7. The largest absolute Gasteiger partial charge is 0.349 e. The quantitative estimate of drug-likeness (QED) is 0.337. The average Bonchev–Trinajstić information content (AvgIpc) is 2.80. The van der Waals surface area contributed by atoms with Crippen LogP contribution in [0.4, 0.5) is 0 Å². The van der Waals surface area contributed by atoms with Crippen molar-refractivity contribution in [3.8, 4) is 5.69 Å². The van der Waals surface area contributed by atoms with E-state index in [1.54, 1.807) is 10.6 Å². The maximum atomic E-state index is 13.4. The minimum absolute atomic E-state index is 0.102. The molecule has 0 aliphatic heterocycles. The number of carbonyl (C=O) groups is 1. The second-order valence-electron chi connectivity index (χ2n) is 7.76. The molecule has 0 radical (unpaired) electrons. The molecule has 0 aliphatic carbocycles. The van der Waals surface area contributed by atoms with E-state index in [0.717, 1.165) is 22.4 Å².